The van der Waals surface area contributed by atoms with Crippen LogP contribution in [0, 0.1) is 0 Å². The number of nitrogens with one attached hydrogen (secondary N) is 3. The van der Waals surface area contributed by atoms with Crippen LogP contribution in [0.25, 0.3) is 0 Å². The van der Waals surface area contributed by atoms with Crippen molar-refractivity contribution in [3.8, 4) is 0 Å². The average molecular weight is 505 g/mol. The van der Waals surface area contributed by atoms with Gasteiger partial charge in [-0.2, -0.15) is 0 Å². The molecule has 35 heavy (non-hydrogen) atoms. The first kappa shape index (κ1) is 31.0. The van der Waals surface area contributed by atoms with E-state index in [2.05, 4.69) is 15.6 Å². The Morgan fingerprint density at radius 1 is 0.800 bits per heavy atom. The molecular weight excluding hydrogens is 474 g/mol. The quantitative estimate of drug-likeness (QED) is 0.0535. The van der Waals surface area contributed by atoms with Gasteiger partial charge in [0.15, 0.2) is 5.96 Å². The van der Waals surface area contributed by atoms with E-state index >= 15 is 0 Å². The molecule has 0 fully saturated rings. The van der Waals surface area contributed by atoms with Crippen molar-refractivity contribution < 1.29 is 49.2 Å². The fourth-order valence-corrected chi connectivity index (χ4v) is 2.56. The monoisotopic (exact) mass is 505 g/mol. The number of aliphatic carboxylic acids is 3. The van der Waals surface area contributed by atoms with Gasteiger partial charge in [0.2, 0.25) is 17.7 Å². The van der Waals surface area contributed by atoms with Crippen LogP contribution in [0.2, 0.25) is 0 Å². The molecule has 17 nitrogen and oxygen atoms in total. The van der Waals surface area contributed by atoms with E-state index in [4.69, 9.17) is 32.5 Å². The number of nitrogens with two attached hydrogens (primary N) is 3. The molecule has 0 rings (SSSR count). The van der Waals surface area contributed by atoms with Gasteiger partial charge in [-0.25, -0.2) is 4.79 Å². The zero-order valence-corrected chi connectivity index (χ0v) is 18.8. The van der Waals surface area contributed by atoms with Crippen molar-refractivity contribution in [2.45, 2.75) is 62.9 Å². The molecule has 17 heteroatoms. The molecule has 0 aliphatic rings. The Hall–Kier alpha value is -3.99. The molecule has 0 bridgehead atoms. The Balaban J connectivity index is 5.68. The first-order chi connectivity index (χ1) is 16.1. The SMILES string of the molecule is CC(O)C(N)C(=O)NC(CC(=O)O)C(=O)NC(CCCN=C(N)N)C(=O)NC(CC(=O)O)C(=O)O. The van der Waals surface area contributed by atoms with Crippen molar-refractivity contribution in [3.05, 3.63) is 0 Å². The highest BCUT2D eigenvalue weighted by molar-refractivity contribution is 5.96. The zero-order valence-electron chi connectivity index (χ0n) is 18.8. The van der Waals surface area contributed by atoms with E-state index in [-0.39, 0.29) is 25.3 Å². The van der Waals surface area contributed by atoms with E-state index in [1.165, 1.54) is 6.92 Å². The minimum Gasteiger partial charge on any atom is -0.481 e. The number of carboxylic acid groups (broad SMARTS) is 3. The number of nitrogens with zero attached hydrogens (tertiary/aromatic N) is 1. The fraction of sp³-hybridized carbons (Fsp3) is 0.611. The second kappa shape index (κ2) is 15.0. The molecule has 0 heterocycles. The van der Waals surface area contributed by atoms with Crippen LogP contribution in [-0.2, 0) is 28.8 Å². The third kappa shape index (κ3) is 12.7. The molecule has 13 N–H and O–H groups in total. The van der Waals surface area contributed by atoms with Gasteiger partial charge in [-0.3, -0.25) is 29.0 Å². The summed E-state index contributed by atoms with van der Waals surface area (Å²) < 4.78 is 0. The Morgan fingerprint density at radius 3 is 1.71 bits per heavy atom. The lowest BCUT2D eigenvalue weighted by molar-refractivity contribution is -0.147. The number of rotatable bonds is 16. The van der Waals surface area contributed by atoms with Gasteiger partial charge in [0.25, 0.3) is 0 Å². The van der Waals surface area contributed by atoms with Gasteiger partial charge in [0.1, 0.15) is 24.2 Å². The van der Waals surface area contributed by atoms with Crippen LogP contribution in [0.1, 0.15) is 32.6 Å². The van der Waals surface area contributed by atoms with E-state index in [9.17, 15) is 33.9 Å². The second-order valence-electron chi connectivity index (χ2n) is 7.43. The van der Waals surface area contributed by atoms with Crippen LogP contribution in [-0.4, -0.2) is 98.8 Å². The largest absolute Gasteiger partial charge is 0.481 e. The lowest BCUT2D eigenvalue weighted by Gasteiger charge is -2.24. The summed E-state index contributed by atoms with van der Waals surface area (Å²) in [5.74, 6) is -8.15. The van der Waals surface area contributed by atoms with Crippen molar-refractivity contribution in [1.82, 2.24) is 16.0 Å². The Kier molecular flexibility index (Phi) is 13.3. The molecule has 0 aromatic heterocycles. The highest BCUT2D eigenvalue weighted by Crippen LogP contribution is 2.04. The van der Waals surface area contributed by atoms with Crippen LogP contribution in [0.3, 0.4) is 0 Å². The molecule has 0 aromatic rings. The number of carboxylic acids is 3. The van der Waals surface area contributed by atoms with E-state index in [1.807, 2.05) is 5.32 Å². The summed E-state index contributed by atoms with van der Waals surface area (Å²) in [5.41, 5.74) is 15.9. The summed E-state index contributed by atoms with van der Waals surface area (Å²) in [6.07, 6.45) is -3.27. The highest BCUT2D eigenvalue weighted by atomic mass is 16.4. The van der Waals surface area contributed by atoms with Gasteiger partial charge >= 0.3 is 17.9 Å². The Labute approximate surface area is 199 Å². The normalized spacial score (nSPS) is 14.8. The molecule has 198 valence electrons. The number of carbonyl (C=O) groups is 6. The van der Waals surface area contributed by atoms with E-state index in [0.29, 0.717) is 0 Å². The standard InChI is InChI=1S/C18H31N7O10/c1-7(26)13(19)16(33)24-9(5-11(27)28)15(32)23-8(3-2-4-22-18(20)21)14(31)25-10(17(34)35)6-12(29)30/h7-10,13,26H,2-6,19H2,1H3,(H,23,32)(H,24,33)(H,25,31)(H,27,28)(H,29,30)(H,34,35)(H4,20,21,22). The maximum absolute atomic E-state index is 12.7. The minimum absolute atomic E-state index is 0.0119. The fourth-order valence-electron chi connectivity index (χ4n) is 2.56. The smallest absolute Gasteiger partial charge is 0.326 e. The van der Waals surface area contributed by atoms with Crippen LogP contribution in [0.5, 0.6) is 0 Å². The predicted octanol–water partition coefficient (Wildman–Crippen LogP) is -4.76. The van der Waals surface area contributed by atoms with Crippen molar-refractivity contribution in [2.24, 2.45) is 22.2 Å². The second-order valence-corrected chi connectivity index (χ2v) is 7.43. The molecule has 0 saturated carbocycles. The summed E-state index contributed by atoms with van der Waals surface area (Å²) in [4.78, 5) is 74.4. The maximum Gasteiger partial charge on any atom is 0.326 e. The third-order valence-electron chi connectivity index (χ3n) is 4.41. The van der Waals surface area contributed by atoms with E-state index in [0.717, 1.165) is 0 Å². The summed E-state index contributed by atoms with van der Waals surface area (Å²) in [6.45, 7) is 1.21. The van der Waals surface area contributed by atoms with Gasteiger partial charge in [-0.15, -0.1) is 0 Å². The molecule has 0 saturated heterocycles. The molecule has 0 aliphatic carbocycles. The lowest BCUT2D eigenvalue weighted by Crippen LogP contribution is -2.58. The van der Waals surface area contributed by atoms with Crippen LogP contribution < -0.4 is 33.2 Å². The number of hydrogen-bond acceptors (Lipinski definition) is 9. The highest BCUT2D eigenvalue weighted by Gasteiger charge is 2.32. The summed E-state index contributed by atoms with van der Waals surface area (Å²) in [6, 6.07) is -6.50. The lowest BCUT2D eigenvalue weighted by atomic mass is 10.1. The summed E-state index contributed by atoms with van der Waals surface area (Å²) >= 11 is 0. The Morgan fingerprint density at radius 2 is 1.26 bits per heavy atom. The van der Waals surface area contributed by atoms with Crippen LogP contribution in [0.4, 0.5) is 0 Å². The first-order valence-corrected chi connectivity index (χ1v) is 10.2. The van der Waals surface area contributed by atoms with Crippen molar-refractivity contribution in [3.63, 3.8) is 0 Å². The molecule has 0 radical (unpaired) electrons. The number of amides is 3. The van der Waals surface area contributed by atoms with Crippen LogP contribution >= 0.6 is 0 Å². The third-order valence-corrected chi connectivity index (χ3v) is 4.41. The van der Waals surface area contributed by atoms with Gasteiger partial charge in [-0.05, 0) is 19.8 Å². The number of guanidine groups is 1. The van der Waals surface area contributed by atoms with Crippen LogP contribution in [0.15, 0.2) is 4.99 Å². The number of carbonyl (C=O) groups excluding carboxylic acids is 3. The average Bonchev–Trinajstić information content (AvgIpc) is 2.72. The molecular formula is C18H31N7O10. The molecule has 5 atom stereocenters. The van der Waals surface area contributed by atoms with Gasteiger partial charge in [-0.1, -0.05) is 0 Å². The molecule has 3 amide bonds. The molecule has 5 unspecified atom stereocenters. The number of aliphatic hydroxyl groups is 1. The van der Waals surface area contributed by atoms with Crippen molar-refractivity contribution in [2.75, 3.05) is 6.54 Å². The molecule has 0 aliphatic heterocycles. The van der Waals surface area contributed by atoms with Crippen molar-refractivity contribution >= 4 is 41.6 Å². The first-order valence-electron chi connectivity index (χ1n) is 10.2. The van der Waals surface area contributed by atoms with Gasteiger partial charge < -0.3 is 53.6 Å². The zero-order chi connectivity index (χ0) is 27.3. The van der Waals surface area contributed by atoms with E-state index < -0.39 is 78.7 Å². The van der Waals surface area contributed by atoms with Gasteiger partial charge in [0, 0.05) is 6.54 Å². The number of hydrogen-bond donors (Lipinski definition) is 10. The number of aliphatic hydroxyl groups excluding tert-OH is 1. The maximum atomic E-state index is 12.7. The predicted molar refractivity (Wildman–Crippen MR) is 118 cm³/mol. The number of aliphatic imine (C=N–C) groups is 1. The van der Waals surface area contributed by atoms with Crippen molar-refractivity contribution in [1.29, 1.82) is 0 Å². The summed E-state index contributed by atoms with van der Waals surface area (Å²) in [7, 11) is 0. The van der Waals surface area contributed by atoms with Gasteiger partial charge in [0.05, 0.1) is 18.9 Å². The molecule has 0 spiro atoms. The summed E-state index contributed by atoms with van der Waals surface area (Å²) in [5, 5.41) is 42.7. The minimum atomic E-state index is -1.82. The Bertz CT molecular complexity index is 828. The van der Waals surface area contributed by atoms with E-state index in [1.54, 1.807) is 0 Å². The topological polar surface area (TPSA) is 310 Å². The molecule has 0 aromatic carbocycles.